The van der Waals surface area contributed by atoms with Gasteiger partial charge in [-0.25, -0.2) is 4.39 Å². The van der Waals surface area contributed by atoms with Crippen molar-refractivity contribution in [3.63, 3.8) is 0 Å². The van der Waals surface area contributed by atoms with Crippen molar-refractivity contribution in [3.05, 3.63) is 57.1 Å². The Morgan fingerprint density at radius 3 is 2.50 bits per heavy atom. The highest BCUT2D eigenvalue weighted by atomic mass is 19.1. The van der Waals surface area contributed by atoms with Crippen molar-refractivity contribution in [1.82, 2.24) is 4.57 Å². The molecule has 0 aliphatic heterocycles. The van der Waals surface area contributed by atoms with Gasteiger partial charge in [0.1, 0.15) is 23.2 Å². The molecule has 1 unspecified atom stereocenters. The molecule has 1 aromatic carbocycles. The summed E-state index contributed by atoms with van der Waals surface area (Å²) in [6.07, 6.45) is 3.64. The Kier molecular flexibility index (Phi) is 6.56. The van der Waals surface area contributed by atoms with E-state index < -0.39 is 29.1 Å². The van der Waals surface area contributed by atoms with Crippen LogP contribution in [0.15, 0.2) is 29.1 Å². The number of aromatic nitrogens is 1. The van der Waals surface area contributed by atoms with Gasteiger partial charge in [0.05, 0.1) is 5.56 Å². The van der Waals surface area contributed by atoms with Gasteiger partial charge in [-0.15, -0.1) is 0 Å². The predicted molar refractivity (Wildman–Crippen MR) is 109 cm³/mol. The van der Waals surface area contributed by atoms with Crippen LogP contribution >= 0.6 is 0 Å². The number of nitrogens with zero attached hydrogens (tertiary/aromatic N) is 2. The first-order valence-electron chi connectivity index (χ1n) is 10.2. The van der Waals surface area contributed by atoms with Crippen LogP contribution in [0, 0.1) is 24.1 Å². The van der Waals surface area contributed by atoms with E-state index in [2.05, 4.69) is 0 Å². The monoisotopic (exact) mass is 412 g/mol. The molecule has 1 aliphatic rings. The average molecular weight is 412 g/mol. The summed E-state index contributed by atoms with van der Waals surface area (Å²) in [7, 11) is 0. The molecule has 2 aromatic rings. The topological polar surface area (TPSA) is 92.3 Å². The summed E-state index contributed by atoms with van der Waals surface area (Å²) < 4.78 is 20.1. The van der Waals surface area contributed by atoms with Crippen molar-refractivity contribution >= 4 is 5.78 Å². The van der Waals surface area contributed by atoms with Crippen molar-refractivity contribution in [2.45, 2.75) is 64.5 Å². The summed E-state index contributed by atoms with van der Waals surface area (Å²) >= 11 is 0. The maximum absolute atomic E-state index is 13.3. The number of carbonyl (C=O) groups excluding carboxylic acids is 1. The second kappa shape index (κ2) is 9.12. The number of hydrogen-bond donors (Lipinski definition) is 1. The number of ketones is 1. The van der Waals surface area contributed by atoms with Crippen LogP contribution in [0.4, 0.5) is 4.39 Å². The molecule has 0 spiro atoms. The highest BCUT2D eigenvalue weighted by molar-refractivity contribution is 6.03. The zero-order chi connectivity index (χ0) is 21.8. The number of Topliss-reactive ketones (excluding diaryl/α,β-unsaturated/α-hetero) is 1. The van der Waals surface area contributed by atoms with Gasteiger partial charge in [0.2, 0.25) is 11.7 Å². The van der Waals surface area contributed by atoms with Crippen molar-refractivity contribution in [2.24, 2.45) is 0 Å². The summed E-state index contributed by atoms with van der Waals surface area (Å²) in [6, 6.07) is 6.95. The number of benzene rings is 1. The van der Waals surface area contributed by atoms with Crippen LogP contribution in [0.3, 0.4) is 0 Å². The van der Waals surface area contributed by atoms with E-state index in [1.54, 1.807) is 6.92 Å². The molecule has 0 bridgehead atoms. The third-order valence-electron chi connectivity index (χ3n) is 5.69. The van der Waals surface area contributed by atoms with Crippen molar-refractivity contribution in [1.29, 1.82) is 5.26 Å². The van der Waals surface area contributed by atoms with E-state index in [9.17, 15) is 24.3 Å². The summed E-state index contributed by atoms with van der Waals surface area (Å²) in [5.41, 5.74) is -0.620. The molecular formula is C23H25FN2O4. The quantitative estimate of drug-likeness (QED) is 0.709. The van der Waals surface area contributed by atoms with Gasteiger partial charge in [-0.05, 0) is 56.0 Å². The van der Waals surface area contributed by atoms with E-state index in [-0.39, 0.29) is 22.7 Å². The summed E-state index contributed by atoms with van der Waals surface area (Å²) in [5, 5.41) is 20.5. The van der Waals surface area contributed by atoms with Crippen LogP contribution in [-0.2, 0) is 0 Å². The second-order valence-electron chi connectivity index (χ2n) is 7.61. The van der Waals surface area contributed by atoms with Gasteiger partial charge in [-0.1, -0.05) is 26.2 Å². The van der Waals surface area contributed by atoms with E-state index in [0.717, 1.165) is 19.3 Å². The number of ether oxygens (including phenoxy) is 1. The summed E-state index contributed by atoms with van der Waals surface area (Å²) in [5.74, 6) is -1.03. The smallest absolute Gasteiger partial charge is 0.271 e. The highest BCUT2D eigenvalue weighted by Crippen LogP contribution is 2.33. The lowest BCUT2D eigenvalue weighted by atomic mass is 9.93. The molecule has 158 valence electrons. The van der Waals surface area contributed by atoms with E-state index in [1.165, 1.54) is 35.8 Å². The molecule has 1 N–H and O–H groups in total. The largest absolute Gasteiger partial charge is 0.494 e. The minimum atomic E-state index is -0.955. The molecular weight excluding hydrogens is 387 g/mol. The molecule has 1 heterocycles. The lowest BCUT2D eigenvalue weighted by Gasteiger charge is -2.27. The summed E-state index contributed by atoms with van der Waals surface area (Å²) in [6.45, 7) is 3.24. The van der Waals surface area contributed by atoms with Crippen molar-refractivity contribution in [2.75, 3.05) is 0 Å². The fourth-order valence-corrected chi connectivity index (χ4v) is 4.06. The Balaban J connectivity index is 2.06. The van der Waals surface area contributed by atoms with Crippen LogP contribution < -0.4 is 10.3 Å². The average Bonchev–Trinajstić information content (AvgIpc) is 2.74. The molecule has 1 fully saturated rings. The molecule has 0 saturated heterocycles. The molecule has 1 saturated carbocycles. The number of aromatic hydroxyl groups is 1. The van der Waals surface area contributed by atoms with Crippen LogP contribution in [-0.4, -0.2) is 21.6 Å². The van der Waals surface area contributed by atoms with Gasteiger partial charge in [0, 0.05) is 6.04 Å². The molecule has 0 radical (unpaired) electrons. The molecule has 1 aliphatic carbocycles. The van der Waals surface area contributed by atoms with Gasteiger partial charge < -0.3 is 9.84 Å². The molecule has 1 aromatic heterocycles. The van der Waals surface area contributed by atoms with Gasteiger partial charge in [-0.3, -0.25) is 14.2 Å². The maximum atomic E-state index is 13.3. The fourth-order valence-electron chi connectivity index (χ4n) is 4.06. The Morgan fingerprint density at radius 1 is 1.30 bits per heavy atom. The van der Waals surface area contributed by atoms with Crippen molar-refractivity contribution in [3.8, 4) is 17.7 Å². The first kappa shape index (κ1) is 21.6. The first-order chi connectivity index (χ1) is 14.4. The van der Waals surface area contributed by atoms with Crippen LogP contribution in [0.5, 0.6) is 11.6 Å². The van der Waals surface area contributed by atoms with Crippen LogP contribution in [0.1, 0.15) is 73.0 Å². The van der Waals surface area contributed by atoms with Gasteiger partial charge in [-0.2, -0.15) is 5.26 Å². The van der Waals surface area contributed by atoms with E-state index in [1.807, 2.05) is 6.07 Å². The molecule has 1 atom stereocenters. The third kappa shape index (κ3) is 4.09. The van der Waals surface area contributed by atoms with Crippen molar-refractivity contribution < 1.29 is 19.0 Å². The number of rotatable bonds is 6. The Hall–Kier alpha value is -3.14. The Morgan fingerprint density at radius 2 is 1.93 bits per heavy atom. The standard InChI is InChI=1S/C23H25FN2O4/c1-3-19(30-17-11-9-15(24)10-12-17)21(27)20-14(2)18(13-25)22(28)26(23(20)29)16-7-5-4-6-8-16/h9-12,16,19,29H,3-8H2,1-2H3. The molecule has 3 rings (SSSR count). The first-order valence-corrected chi connectivity index (χ1v) is 10.2. The lowest BCUT2D eigenvalue weighted by molar-refractivity contribution is 0.0780. The zero-order valence-electron chi connectivity index (χ0n) is 17.2. The molecule has 0 amide bonds. The normalized spacial score (nSPS) is 15.4. The third-order valence-corrected chi connectivity index (χ3v) is 5.69. The lowest BCUT2D eigenvalue weighted by Crippen LogP contribution is -2.34. The SMILES string of the molecule is CCC(Oc1ccc(F)cc1)C(=O)c1c(C)c(C#N)c(=O)n(C2CCCCC2)c1O. The fraction of sp³-hybridized carbons (Fsp3) is 0.435. The van der Waals surface area contributed by atoms with Gasteiger partial charge >= 0.3 is 0 Å². The minimum Gasteiger partial charge on any atom is -0.494 e. The van der Waals surface area contributed by atoms with Gasteiger partial charge in [0.25, 0.3) is 5.56 Å². The predicted octanol–water partition coefficient (Wildman–Crippen LogP) is 4.42. The van der Waals surface area contributed by atoms with E-state index in [0.29, 0.717) is 25.0 Å². The van der Waals surface area contributed by atoms with Crippen LogP contribution in [0.2, 0.25) is 0 Å². The number of carbonyl (C=O) groups is 1. The number of nitriles is 1. The maximum Gasteiger partial charge on any atom is 0.271 e. The minimum absolute atomic E-state index is 0.0642. The molecule has 30 heavy (non-hydrogen) atoms. The molecule has 7 heteroatoms. The number of hydrogen-bond acceptors (Lipinski definition) is 5. The van der Waals surface area contributed by atoms with Gasteiger partial charge in [0.15, 0.2) is 6.10 Å². The molecule has 6 nitrogen and oxygen atoms in total. The van der Waals surface area contributed by atoms with E-state index in [4.69, 9.17) is 4.74 Å². The van der Waals surface area contributed by atoms with Crippen LogP contribution in [0.25, 0.3) is 0 Å². The van der Waals surface area contributed by atoms with E-state index >= 15 is 0 Å². The Labute approximate surface area is 174 Å². The number of pyridine rings is 1. The highest BCUT2D eigenvalue weighted by Gasteiger charge is 2.32. The summed E-state index contributed by atoms with van der Waals surface area (Å²) in [4.78, 5) is 26.2. The second-order valence-corrected chi connectivity index (χ2v) is 7.61. The Bertz CT molecular complexity index is 1030. The number of halogens is 1. The zero-order valence-corrected chi connectivity index (χ0v) is 17.2.